The maximum absolute atomic E-state index is 11.5. The number of piperazine rings is 1. The number of carbonyl (C=O) groups excluding carboxylic acids is 1. The summed E-state index contributed by atoms with van der Waals surface area (Å²) < 4.78 is 1.05. The summed E-state index contributed by atoms with van der Waals surface area (Å²) in [7, 11) is 0. The van der Waals surface area contributed by atoms with Gasteiger partial charge in [0.25, 0.3) is 0 Å². The Morgan fingerprint density at radius 1 is 1.50 bits per heavy atom. The Bertz CT molecular complexity index is 478. The number of nitrogens with zero attached hydrogens (tertiary/aromatic N) is 1. The zero-order chi connectivity index (χ0) is 14.5. The number of nitrogens with one attached hydrogen (secondary N) is 2. The molecule has 1 aliphatic heterocycles. The normalized spacial score (nSPS) is 16.9. The topological polar surface area (TPSA) is 44.4 Å². The molecule has 1 amide bonds. The summed E-state index contributed by atoms with van der Waals surface area (Å²) in [4.78, 5) is 13.6. The van der Waals surface area contributed by atoms with Gasteiger partial charge in [-0.1, -0.05) is 13.0 Å². The van der Waals surface area contributed by atoms with Crippen molar-refractivity contribution in [2.75, 3.05) is 31.1 Å². The van der Waals surface area contributed by atoms with Gasteiger partial charge in [-0.25, -0.2) is 0 Å². The second-order valence-corrected chi connectivity index (χ2v) is 6.01. The summed E-state index contributed by atoms with van der Waals surface area (Å²) >= 11 is 3.64. The molecule has 1 atom stereocenters. The molecule has 0 aliphatic carbocycles. The van der Waals surface area contributed by atoms with Gasteiger partial charge >= 0.3 is 0 Å². The minimum absolute atomic E-state index is 0.0882. The lowest BCUT2D eigenvalue weighted by Gasteiger charge is -2.30. The van der Waals surface area contributed by atoms with Crippen LogP contribution in [0.15, 0.2) is 22.7 Å². The van der Waals surface area contributed by atoms with Gasteiger partial charge in [0.2, 0.25) is 5.91 Å². The third-order valence-electron chi connectivity index (χ3n) is 3.55. The molecule has 1 heterocycles. The third kappa shape index (κ3) is 3.73. The van der Waals surface area contributed by atoms with E-state index in [9.17, 15) is 4.79 Å². The molecule has 0 aromatic heterocycles. The average Bonchev–Trinajstić information content (AvgIpc) is 2.44. The van der Waals surface area contributed by atoms with Crippen LogP contribution in [0.5, 0.6) is 0 Å². The maximum Gasteiger partial charge on any atom is 0.239 e. The zero-order valence-electron chi connectivity index (χ0n) is 12.1. The van der Waals surface area contributed by atoms with Gasteiger partial charge < -0.3 is 15.5 Å². The molecule has 1 aliphatic rings. The lowest BCUT2D eigenvalue weighted by molar-refractivity contribution is -0.120. The molecule has 5 heteroatoms. The lowest BCUT2D eigenvalue weighted by Crippen LogP contribution is -2.47. The quantitative estimate of drug-likeness (QED) is 0.865. The second kappa shape index (κ2) is 7.09. The van der Waals surface area contributed by atoms with E-state index in [1.165, 1.54) is 5.56 Å². The van der Waals surface area contributed by atoms with Gasteiger partial charge in [-0.05, 0) is 53.5 Å². The van der Waals surface area contributed by atoms with E-state index in [1.54, 1.807) is 0 Å². The van der Waals surface area contributed by atoms with Crippen molar-refractivity contribution in [1.82, 2.24) is 10.6 Å². The first-order valence-corrected chi connectivity index (χ1v) is 7.95. The van der Waals surface area contributed by atoms with E-state index in [2.05, 4.69) is 63.5 Å². The van der Waals surface area contributed by atoms with Crippen molar-refractivity contribution in [2.24, 2.45) is 0 Å². The molecule has 1 saturated heterocycles. The number of rotatable bonds is 5. The molecule has 110 valence electrons. The fourth-order valence-corrected chi connectivity index (χ4v) is 3.02. The van der Waals surface area contributed by atoms with Crippen LogP contribution in [0.4, 0.5) is 5.69 Å². The van der Waals surface area contributed by atoms with Crippen LogP contribution in [0.3, 0.4) is 0 Å². The molecule has 2 rings (SSSR count). The predicted molar refractivity (Wildman–Crippen MR) is 86.1 cm³/mol. The number of hydrogen-bond donors (Lipinski definition) is 2. The van der Waals surface area contributed by atoms with E-state index in [0.29, 0.717) is 19.1 Å². The standard InChI is InChI=1S/C15H22BrN3O/c1-3-6-17-11(2)12-4-5-14(13(16)9-12)19-8-7-18-15(20)10-19/h4-5,9,11,17H,3,6-8,10H2,1-2H3,(H,18,20). The van der Waals surface area contributed by atoms with Crippen molar-refractivity contribution in [1.29, 1.82) is 0 Å². The number of hydrogen-bond acceptors (Lipinski definition) is 3. The lowest BCUT2D eigenvalue weighted by atomic mass is 10.1. The highest BCUT2D eigenvalue weighted by Gasteiger charge is 2.19. The highest BCUT2D eigenvalue weighted by Crippen LogP contribution is 2.29. The largest absolute Gasteiger partial charge is 0.360 e. The van der Waals surface area contributed by atoms with Gasteiger partial charge in [0.15, 0.2) is 0 Å². The van der Waals surface area contributed by atoms with Crippen molar-refractivity contribution in [3.8, 4) is 0 Å². The van der Waals surface area contributed by atoms with Crippen LogP contribution in [0.1, 0.15) is 31.9 Å². The van der Waals surface area contributed by atoms with Gasteiger partial charge in [0.1, 0.15) is 0 Å². The molecule has 1 aromatic rings. The minimum atomic E-state index is 0.0882. The Kier molecular flexibility index (Phi) is 5.43. The summed E-state index contributed by atoms with van der Waals surface area (Å²) in [6.45, 7) is 7.36. The van der Waals surface area contributed by atoms with Crippen LogP contribution in [0.25, 0.3) is 0 Å². The Balaban J connectivity index is 2.11. The van der Waals surface area contributed by atoms with E-state index < -0.39 is 0 Å². The number of anilines is 1. The first-order chi connectivity index (χ1) is 9.61. The van der Waals surface area contributed by atoms with Gasteiger partial charge in [-0.2, -0.15) is 0 Å². The van der Waals surface area contributed by atoms with E-state index in [-0.39, 0.29) is 5.91 Å². The summed E-state index contributed by atoms with van der Waals surface area (Å²) in [6.07, 6.45) is 1.13. The fourth-order valence-electron chi connectivity index (χ4n) is 2.37. The van der Waals surface area contributed by atoms with Gasteiger partial charge in [-0.3, -0.25) is 4.79 Å². The summed E-state index contributed by atoms with van der Waals surface area (Å²) in [5, 5.41) is 6.33. The van der Waals surface area contributed by atoms with Crippen molar-refractivity contribution in [3.05, 3.63) is 28.2 Å². The molecular formula is C15H22BrN3O. The molecule has 1 aromatic carbocycles. The molecule has 2 N–H and O–H groups in total. The summed E-state index contributed by atoms with van der Waals surface area (Å²) in [5.74, 6) is 0.0882. The number of amides is 1. The monoisotopic (exact) mass is 339 g/mol. The van der Waals surface area contributed by atoms with Gasteiger partial charge in [0.05, 0.1) is 12.2 Å². The highest BCUT2D eigenvalue weighted by atomic mass is 79.9. The SMILES string of the molecule is CCCNC(C)c1ccc(N2CCNC(=O)C2)c(Br)c1. The molecule has 0 radical (unpaired) electrons. The summed E-state index contributed by atoms with van der Waals surface area (Å²) in [5.41, 5.74) is 2.35. The smallest absolute Gasteiger partial charge is 0.239 e. The molecule has 0 spiro atoms. The Hall–Kier alpha value is -1.07. The van der Waals surface area contributed by atoms with E-state index in [1.807, 2.05) is 0 Å². The van der Waals surface area contributed by atoms with Crippen molar-refractivity contribution in [3.63, 3.8) is 0 Å². The Morgan fingerprint density at radius 3 is 2.95 bits per heavy atom. The predicted octanol–water partition coefficient (Wildman–Crippen LogP) is 2.45. The van der Waals surface area contributed by atoms with Crippen LogP contribution >= 0.6 is 15.9 Å². The Labute approximate surface area is 129 Å². The third-order valence-corrected chi connectivity index (χ3v) is 4.19. The van der Waals surface area contributed by atoms with E-state index in [0.717, 1.165) is 29.7 Å². The average molecular weight is 340 g/mol. The van der Waals surface area contributed by atoms with Crippen molar-refractivity contribution in [2.45, 2.75) is 26.3 Å². The molecule has 4 nitrogen and oxygen atoms in total. The number of halogens is 1. The molecule has 0 saturated carbocycles. The highest BCUT2D eigenvalue weighted by molar-refractivity contribution is 9.10. The molecular weight excluding hydrogens is 318 g/mol. The number of carbonyl (C=O) groups is 1. The summed E-state index contributed by atoms with van der Waals surface area (Å²) in [6, 6.07) is 6.72. The second-order valence-electron chi connectivity index (χ2n) is 5.16. The molecule has 1 unspecified atom stereocenters. The van der Waals surface area contributed by atoms with Crippen LogP contribution in [0, 0.1) is 0 Å². The van der Waals surface area contributed by atoms with Gasteiger partial charge in [-0.15, -0.1) is 0 Å². The first-order valence-electron chi connectivity index (χ1n) is 7.16. The van der Waals surface area contributed by atoms with Crippen LogP contribution in [-0.2, 0) is 4.79 Å². The Morgan fingerprint density at radius 2 is 2.30 bits per heavy atom. The van der Waals surface area contributed by atoms with Crippen molar-refractivity contribution < 1.29 is 4.79 Å². The molecule has 1 fully saturated rings. The first kappa shape index (κ1) is 15.3. The van der Waals surface area contributed by atoms with Crippen LogP contribution in [-0.4, -0.2) is 32.1 Å². The van der Waals surface area contributed by atoms with E-state index in [4.69, 9.17) is 0 Å². The molecule has 0 bridgehead atoms. The number of benzene rings is 1. The molecule has 20 heavy (non-hydrogen) atoms. The zero-order valence-corrected chi connectivity index (χ0v) is 13.7. The van der Waals surface area contributed by atoms with Gasteiger partial charge in [0, 0.05) is 23.6 Å². The van der Waals surface area contributed by atoms with Crippen LogP contribution < -0.4 is 15.5 Å². The van der Waals surface area contributed by atoms with Crippen LogP contribution in [0.2, 0.25) is 0 Å². The van der Waals surface area contributed by atoms with Crippen molar-refractivity contribution >= 4 is 27.5 Å². The maximum atomic E-state index is 11.5. The fraction of sp³-hybridized carbons (Fsp3) is 0.533. The minimum Gasteiger partial charge on any atom is -0.360 e. The van der Waals surface area contributed by atoms with E-state index >= 15 is 0 Å².